The van der Waals surface area contributed by atoms with Crippen molar-refractivity contribution in [3.63, 3.8) is 0 Å². The lowest BCUT2D eigenvalue weighted by Gasteiger charge is -2.11. The fraction of sp³-hybridized carbons (Fsp3) is 0.227. The number of hydrogen-bond donors (Lipinski definition) is 0. The average Bonchev–Trinajstić information content (AvgIpc) is 3.04. The van der Waals surface area contributed by atoms with Crippen molar-refractivity contribution in [1.82, 2.24) is 9.78 Å². The molecule has 0 aliphatic rings. The number of methoxy groups -OCH3 is 2. The molecule has 0 fully saturated rings. The van der Waals surface area contributed by atoms with Gasteiger partial charge < -0.3 is 14.2 Å². The van der Waals surface area contributed by atoms with Gasteiger partial charge in [0.1, 0.15) is 0 Å². The van der Waals surface area contributed by atoms with Crippen LogP contribution in [0.25, 0.3) is 0 Å². The first kappa shape index (κ1) is 20.1. The largest absolute Gasteiger partial charge is 0.493 e. The second-order valence-corrected chi connectivity index (χ2v) is 6.53. The number of carbonyl (C=O) groups excluding carboxylic acids is 2. The van der Waals surface area contributed by atoms with Crippen molar-refractivity contribution < 1.29 is 23.8 Å². The lowest BCUT2D eigenvalue weighted by Crippen LogP contribution is -2.11. The van der Waals surface area contributed by atoms with E-state index >= 15 is 0 Å². The van der Waals surface area contributed by atoms with E-state index in [-0.39, 0.29) is 11.5 Å². The fourth-order valence-corrected chi connectivity index (χ4v) is 2.96. The second-order valence-electron chi connectivity index (χ2n) is 6.53. The van der Waals surface area contributed by atoms with E-state index in [0.717, 1.165) is 17.0 Å². The highest BCUT2D eigenvalue weighted by Crippen LogP contribution is 2.29. The number of aromatic nitrogens is 2. The number of rotatable bonds is 6. The number of esters is 2. The molecule has 0 aliphatic carbocycles. The monoisotopic (exact) mass is 394 g/mol. The van der Waals surface area contributed by atoms with Crippen LogP contribution in [0.4, 0.5) is 0 Å². The summed E-state index contributed by atoms with van der Waals surface area (Å²) in [5.74, 6) is -0.545. The molecule has 150 valence electrons. The summed E-state index contributed by atoms with van der Waals surface area (Å²) in [6.45, 7) is 4.48. The molecule has 3 aromatic rings. The van der Waals surface area contributed by atoms with Gasteiger partial charge in [0.2, 0.25) is 0 Å². The van der Waals surface area contributed by atoms with Gasteiger partial charge >= 0.3 is 11.9 Å². The minimum absolute atomic E-state index is 0.217. The summed E-state index contributed by atoms with van der Waals surface area (Å²) in [6, 6.07) is 13.7. The highest BCUT2D eigenvalue weighted by atomic mass is 16.6. The molecule has 0 saturated carbocycles. The highest BCUT2D eigenvalue weighted by Gasteiger charge is 2.16. The van der Waals surface area contributed by atoms with Gasteiger partial charge in [0.15, 0.2) is 11.5 Å². The van der Waals surface area contributed by atoms with Crippen molar-refractivity contribution in [2.24, 2.45) is 0 Å². The molecule has 0 saturated heterocycles. The molecule has 0 N–H and O–H groups in total. The summed E-state index contributed by atoms with van der Waals surface area (Å²) in [4.78, 5) is 24.3. The third kappa shape index (κ3) is 4.63. The molecule has 0 atom stereocenters. The van der Waals surface area contributed by atoms with E-state index < -0.39 is 11.9 Å². The molecule has 0 radical (unpaired) electrons. The molecular formula is C22H22N2O5. The molecular weight excluding hydrogens is 372 g/mol. The fourth-order valence-electron chi connectivity index (χ4n) is 2.96. The van der Waals surface area contributed by atoms with Crippen molar-refractivity contribution in [1.29, 1.82) is 0 Å². The van der Waals surface area contributed by atoms with Crippen LogP contribution in [0.2, 0.25) is 0 Å². The summed E-state index contributed by atoms with van der Waals surface area (Å²) < 4.78 is 17.3. The molecule has 0 spiro atoms. The normalized spacial score (nSPS) is 10.5. The Kier molecular flexibility index (Phi) is 5.97. The zero-order chi connectivity index (χ0) is 21.0. The van der Waals surface area contributed by atoms with Crippen LogP contribution in [0, 0.1) is 13.8 Å². The Bertz CT molecular complexity index is 1060. The summed E-state index contributed by atoms with van der Waals surface area (Å²) in [7, 11) is 2.73. The van der Waals surface area contributed by atoms with Gasteiger partial charge in [-0.15, -0.1) is 0 Å². The first-order chi connectivity index (χ1) is 13.9. The predicted molar refractivity (Wildman–Crippen MR) is 107 cm³/mol. The Balaban J connectivity index is 1.79. The SMILES string of the molecule is COC(=O)c1ccc(OC(=O)c2cccc(Cn3nc(C)cc3C)c2)c(OC)c1. The smallest absolute Gasteiger partial charge is 0.343 e. The molecule has 1 heterocycles. The third-order valence-corrected chi connectivity index (χ3v) is 4.39. The number of benzene rings is 2. The molecule has 3 rings (SSSR count). The van der Waals surface area contributed by atoms with Gasteiger partial charge in [0.25, 0.3) is 0 Å². The number of carbonyl (C=O) groups is 2. The molecule has 7 nitrogen and oxygen atoms in total. The van der Waals surface area contributed by atoms with E-state index in [1.54, 1.807) is 18.2 Å². The third-order valence-electron chi connectivity index (χ3n) is 4.39. The van der Waals surface area contributed by atoms with Gasteiger partial charge in [-0.1, -0.05) is 12.1 Å². The maximum atomic E-state index is 12.6. The maximum Gasteiger partial charge on any atom is 0.343 e. The van der Waals surface area contributed by atoms with Crippen molar-refractivity contribution >= 4 is 11.9 Å². The van der Waals surface area contributed by atoms with E-state index in [9.17, 15) is 9.59 Å². The van der Waals surface area contributed by atoms with Crippen LogP contribution < -0.4 is 9.47 Å². The van der Waals surface area contributed by atoms with Crippen LogP contribution in [-0.4, -0.2) is 35.9 Å². The van der Waals surface area contributed by atoms with Gasteiger partial charge in [0, 0.05) is 5.69 Å². The molecule has 7 heteroatoms. The van der Waals surface area contributed by atoms with Crippen LogP contribution in [0.1, 0.15) is 37.7 Å². The first-order valence-electron chi connectivity index (χ1n) is 8.99. The standard InChI is InChI=1S/C22H22N2O5/c1-14-10-15(2)24(23-14)13-16-6-5-7-17(11-16)22(26)29-19-9-8-18(21(25)28-4)12-20(19)27-3/h5-12H,13H2,1-4H3. The quantitative estimate of drug-likeness (QED) is 0.470. The molecule has 1 aromatic heterocycles. The van der Waals surface area contributed by atoms with Crippen LogP contribution in [0.5, 0.6) is 11.5 Å². The Morgan fingerprint density at radius 3 is 2.34 bits per heavy atom. The van der Waals surface area contributed by atoms with Gasteiger partial charge in [-0.05, 0) is 55.8 Å². The number of ether oxygens (including phenoxy) is 3. The summed E-state index contributed by atoms with van der Waals surface area (Å²) >= 11 is 0. The van der Waals surface area contributed by atoms with Crippen molar-refractivity contribution in [3.05, 3.63) is 76.6 Å². The molecule has 0 aliphatic heterocycles. The van der Waals surface area contributed by atoms with Crippen molar-refractivity contribution in [3.8, 4) is 11.5 Å². The lowest BCUT2D eigenvalue weighted by atomic mass is 10.1. The van der Waals surface area contributed by atoms with Crippen LogP contribution in [0.3, 0.4) is 0 Å². The van der Waals surface area contributed by atoms with E-state index in [1.165, 1.54) is 32.4 Å². The minimum Gasteiger partial charge on any atom is -0.493 e. The van der Waals surface area contributed by atoms with E-state index in [2.05, 4.69) is 9.84 Å². The molecule has 0 amide bonds. The van der Waals surface area contributed by atoms with Crippen LogP contribution in [0.15, 0.2) is 48.5 Å². The van der Waals surface area contributed by atoms with E-state index in [1.807, 2.05) is 30.7 Å². The molecule has 29 heavy (non-hydrogen) atoms. The van der Waals surface area contributed by atoms with E-state index in [0.29, 0.717) is 17.7 Å². The summed E-state index contributed by atoms with van der Waals surface area (Å²) in [5.41, 5.74) is 3.63. The zero-order valence-electron chi connectivity index (χ0n) is 16.8. The number of hydrogen-bond acceptors (Lipinski definition) is 6. The Morgan fingerprint density at radius 1 is 0.931 bits per heavy atom. The van der Waals surface area contributed by atoms with Gasteiger partial charge in [0.05, 0.1) is 37.6 Å². The Morgan fingerprint density at radius 2 is 1.69 bits per heavy atom. The Labute approximate surface area is 168 Å². The topological polar surface area (TPSA) is 79.7 Å². The highest BCUT2D eigenvalue weighted by molar-refractivity contribution is 5.93. The zero-order valence-corrected chi connectivity index (χ0v) is 16.8. The maximum absolute atomic E-state index is 12.6. The van der Waals surface area contributed by atoms with Gasteiger partial charge in [-0.3, -0.25) is 4.68 Å². The average molecular weight is 394 g/mol. The van der Waals surface area contributed by atoms with Gasteiger partial charge in [-0.2, -0.15) is 5.10 Å². The number of aryl methyl sites for hydroxylation is 2. The van der Waals surface area contributed by atoms with Crippen molar-refractivity contribution in [2.45, 2.75) is 20.4 Å². The molecule has 0 bridgehead atoms. The van der Waals surface area contributed by atoms with E-state index in [4.69, 9.17) is 9.47 Å². The lowest BCUT2D eigenvalue weighted by molar-refractivity contribution is 0.0600. The summed E-state index contributed by atoms with van der Waals surface area (Å²) in [5, 5.41) is 4.45. The Hall–Kier alpha value is -3.61. The summed E-state index contributed by atoms with van der Waals surface area (Å²) in [6.07, 6.45) is 0. The second kappa shape index (κ2) is 8.60. The van der Waals surface area contributed by atoms with Crippen LogP contribution >= 0.6 is 0 Å². The van der Waals surface area contributed by atoms with Crippen molar-refractivity contribution in [2.75, 3.05) is 14.2 Å². The predicted octanol–water partition coefficient (Wildman–Crippen LogP) is 3.56. The van der Waals surface area contributed by atoms with Crippen LogP contribution in [-0.2, 0) is 11.3 Å². The molecule has 2 aromatic carbocycles. The minimum atomic E-state index is -0.524. The number of nitrogens with zero attached hydrogens (tertiary/aromatic N) is 2. The van der Waals surface area contributed by atoms with Gasteiger partial charge in [-0.25, -0.2) is 9.59 Å². The molecule has 0 unspecified atom stereocenters. The first-order valence-corrected chi connectivity index (χ1v) is 8.99.